The second kappa shape index (κ2) is 5.76. The van der Waals surface area contributed by atoms with Gasteiger partial charge in [-0.25, -0.2) is 0 Å². The highest BCUT2D eigenvalue weighted by Gasteiger charge is 2.55. The van der Waals surface area contributed by atoms with Gasteiger partial charge in [-0.1, -0.05) is 0 Å². The maximum Gasteiger partial charge on any atom is 0.303 e. The predicted octanol–water partition coefficient (Wildman–Crippen LogP) is -0.463. The van der Waals surface area contributed by atoms with Crippen LogP contribution in [-0.2, 0) is 38.1 Å². The van der Waals surface area contributed by atoms with Crippen molar-refractivity contribution in [3.63, 3.8) is 0 Å². The number of rotatable bonds is 3. The molecule has 0 aromatic rings. The first-order valence-corrected chi connectivity index (χ1v) is 6.17. The summed E-state index contributed by atoms with van der Waals surface area (Å²) in [5, 5.41) is 0. The summed E-state index contributed by atoms with van der Waals surface area (Å²) in [5.41, 5.74) is 0. The quantitative estimate of drug-likeness (QED) is 0.508. The lowest BCUT2D eigenvalue weighted by Crippen LogP contribution is -2.58. The Morgan fingerprint density at radius 1 is 0.850 bits per heavy atom. The van der Waals surface area contributed by atoms with Crippen molar-refractivity contribution in [3.05, 3.63) is 0 Å². The number of carbonyl (C=O) groups excluding carboxylic acids is 3. The Morgan fingerprint density at radius 2 is 1.35 bits per heavy atom. The van der Waals surface area contributed by atoms with Crippen molar-refractivity contribution >= 4 is 17.9 Å². The first-order chi connectivity index (χ1) is 9.38. The van der Waals surface area contributed by atoms with E-state index in [1.165, 1.54) is 20.8 Å². The van der Waals surface area contributed by atoms with Crippen molar-refractivity contribution in [2.75, 3.05) is 6.61 Å². The second-order valence-corrected chi connectivity index (χ2v) is 4.60. The summed E-state index contributed by atoms with van der Waals surface area (Å²) in [6.07, 6.45) is -4.19. The Bertz CT molecular complexity index is 390. The van der Waals surface area contributed by atoms with Gasteiger partial charge in [-0.3, -0.25) is 14.4 Å². The van der Waals surface area contributed by atoms with E-state index in [0.29, 0.717) is 0 Å². The molecule has 0 amide bonds. The SMILES string of the molecule is CC(=O)O[C@H]1[C@@H](OC(C)=O)[C@H]2OC[C@H](O2)[C@H]1OC(C)=O. The molecule has 5 atom stereocenters. The average molecular weight is 288 g/mol. The minimum Gasteiger partial charge on any atom is -0.456 e. The van der Waals surface area contributed by atoms with E-state index in [9.17, 15) is 14.4 Å². The highest BCUT2D eigenvalue weighted by atomic mass is 16.8. The first-order valence-electron chi connectivity index (χ1n) is 6.17. The Balaban J connectivity index is 2.24. The summed E-state index contributed by atoms with van der Waals surface area (Å²) < 4.78 is 26.2. The minimum atomic E-state index is -0.973. The summed E-state index contributed by atoms with van der Waals surface area (Å²) in [4.78, 5) is 33.6. The van der Waals surface area contributed by atoms with Gasteiger partial charge in [-0.2, -0.15) is 0 Å². The molecule has 2 rings (SSSR count). The number of ether oxygens (including phenoxy) is 5. The summed E-state index contributed by atoms with van der Waals surface area (Å²) >= 11 is 0. The Labute approximate surface area is 115 Å². The zero-order valence-corrected chi connectivity index (χ0v) is 11.4. The molecule has 2 heterocycles. The maximum absolute atomic E-state index is 11.2. The lowest BCUT2D eigenvalue weighted by atomic mass is 10.00. The highest BCUT2D eigenvalue weighted by molar-refractivity contribution is 5.68. The van der Waals surface area contributed by atoms with Crippen molar-refractivity contribution in [3.8, 4) is 0 Å². The van der Waals surface area contributed by atoms with Crippen molar-refractivity contribution in [2.24, 2.45) is 0 Å². The largest absolute Gasteiger partial charge is 0.456 e. The molecule has 2 aliphatic rings. The smallest absolute Gasteiger partial charge is 0.303 e. The fourth-order valence-electron chi connectivity index (χ4n) is 2.31. The molecular formula is C12H16O8. The maximum atomic E-state index is 11.2. The van der Waals surface area contributed by atoms with E-state index >= 15 is 0 Å². The van der Waals surface area contributed by atoms with Crippen LogP contribution in [0, 0.1) is 0 Å². The number of hydrogen-bond acceptors (Lipinski definition) is 8. The standard InChI is InChI=1S/C12H16O8/c1-5(13)17-9-8-4-16-12(20-8)11(19-7(3)15)10(9)18-6(2)14/h8-12H,4H2,1-3H3/t8-,9+,10+,11+,12-/m0/s1. The molecule has 0 radical (unpaired) electrons. The van der Waals surface area contributed by atoms with Gasteiger partial charge in [0.05, 0.1) is 6.61 Å². The third-order valence-electron chi connectivity index (χ3n) is 2.92. The second-order valence-electron chi connectivity index (χ2n) is 4.60. The molecule has 2 saturated heterocycles. The summed E-state index contributed by atoms with van der Waals surface area (Å²) in [5.74, 6) is -1.71. The van der Waals surface area contributed by atoms with Crippen LogP contribution in [0.5, 0.6) is 0 Å². The first kappa shape index (κ1) is 14.7. The number of carbonyl (C=O) groups is 3. The molecule has 0 saturated carbocycles. The van der Waals surface area contributed by atoms with Gasteiger partial charge >= 0.3 is 17.9 Å². The Kier molecular flexibility index (Phi) is 4.24. The van der Waals surface area contributed by atoms with Gasteiger partial charge in [-0.05, 0) is 0 Å². The number of hydrogen-bond donors (Lipinski definition) is 0. The summed E-state index contributed by atoms with van der Waals surface area (Å²) in [6, 6.07) is 0. The van der Waals surface area contributed by atoms with Crippen LogP contribution in [0.4, 0.5) is 0 Å². The molecule has 2 bridgehead atoms. The van der Waals surface area contributed by atoms with Crippen LogP contribution in [0.1, 0.15) is 20.8 Å². The summed E-state index contributed by atoms with van der Waals surface area (Å²) in [7, 11) is 0. The molecule has 8 nitrogen and oxygen atoms in total. The van der Waals surface area contributed by atoms with Crippen molar-refractivity contribution in [1.82, 2.24) is 0 Å². The fraction of sp³-hybridized carbons (Fsp3) is 0.750. The van der Waals surface area contributed by atoms with Crippen LogP contribution in [0.25, 0.3) is 0 Å². The molecule has 0 spiro atoms. The fourth-order valence-corrected chi connectivity index (χ4v) is 2.31. The number of esters is 3. The normalized spacial score (nSPS) is 35.2. The van der Waals surface area contributed by atoms with E-state index in [1.807, 2.05) is 0 Å². The third-order valence-corrected chi connectivity index (χ3v) is 2.92. The highest BCUT2D eigenvalue weighted by Crippen LogP contribution is 2.33. The van der Waals surface area contributed by atoms with Crippen molar-refractivity contribution < 1.29 is 38.1 Å². The number of fused-ring (bicyclic) bond motifs is 2. The van der Waals surface area contributed by atoms with Crippen LogP contribution in [0.2, 0.25) is 0 Å². The molecule has 8 heteroatoms. The molecule has 2 aliphatic heterocycles. The minimum absolute atomic E-state index is 0.165. The van der Waals surface area contributed by atoms with Crippen LogP contribution >= 0.6 is 0 Å². The predicted molar refractivity (Wildman–Crippen MR) is 61.3 cm³/mol. The molecule has 0 unspecified atom stereocenters. The van der Waals surface area contributed by atoms with E-state index in [1.54, 1.807) is 0 Å². The van der Waals surface area contributed by atoms with Crippen molar-refractivity contribution in [2.45, 2.75) is 51.5 Å². The molecule has 20 heavy (non-hydrogen) atoms. The van der Waals surface area contributed by atoms with Gasteiger partial charge < -0.3 is 23.7 Å². The van der Waals surface area contributed by atoms with Crippen LogP contribution in [0.3, 0.4) is 0 Å². The van der Waals surface area contributed by atoms with E-state index < -0.39 is 48.6 Å². The van der Waals surface area contributed by atoms with Gasteiger partial charge in [0, 0.05) is 20.8 Å². The van der Waals surface area contributed by atoms with Crippen LogP contribution in [-0.4, -0.2) is 55.2 Å². The molecule has 0 aromatic heterocycles. The third kappa shape index (κ3) is 3.07. The van der Waals surface area contributed by atoms with Crippen LogP contribution in [0.15, 0.2) is 0 Å². The Hall–Kier alpha value is -1.67. The van der Waals surface area contributed by atoms with E-state index in [2.05, 4.69) is 0 Å². The van der Waals surface area contributed by atoms with E-state index in [-0.39, 0.29) is 6.61 Å². The van der Waals surface area contributed by atoms with Gasteiger partial charge in [-0.15, -0.1) is 0 Å². The van der Waals surface area contributed by atoms with Gasteiger partial charge in [0.1, 0.15) is 6.10 Å². The topological polar surface area (TPSA) is 97.4 Å². The van der Waals surface area contributed by atoms with Crippen LogP contribution < -0.4 is 0 Å². The zero-order valence-electron chi connectivity index (χ0n) is 11.4. The van der Waals surface area contributed by atoms with Gasteiger partial charge in [0.15, 0.2) is 24.6 Å². The lowest BCUT2D eigenvalue weighted by Gasteiger charge is -2.38. The van der Waals surface area contributed by atoms with Gasteiger partial charge in [0.25, 0.3) is 0 Å². The molecule has 0 aliphatic carbocycles. The van der Waals surface area contributed by atoms with E-state index in [0.717, 1.165) is 0 Å². The van der Waals surface area contributed by atoms with Gasteiger partial charge in [0.2, 0.25) is 0 Å². The average Bonchev–Trinajstić information content (AvgIpc) is 2.74. The summed E-state index contributed by atoms with van der Waals surface area (Å²) in [6.45, 7) is 3.83. The molecular weight excluding hydrogens is 272 g/mol. The molecule has 112 valence electrons. The molecule has 0 N–H and O–H groups in total. The molecule has 0 aromatic carbocycles. The zero-order chi connectivity index (χ0) is 14.9. The lowest BCUT2D eigenvalue weighted by molar-refractivity contribution is -0.250. The van der Waals surface area contributed by atoms with Crippen molar-refractivity contribution in [1.29, 1.82) is 0 Å². The molecule has 2 fully saturated rings. The Morgan fingerprint density at radius 3 is 1.90 bits per heavy atom. The monoisotopic (exact) mass is 288 g/mol. The van der Waals surface area contributed by atoms with E-state index in [4.69, 9.17) is 23.7 Å².